The second-order valence-corrected chi connectivity index (χ2v) is 5.68. The Hall–Kier alpha value is -2.31. The van der Waals surface area contributed by atoms with Gasteiger partial charge in [-0.2, -0.15) is 15.0 Å². The predicted molar refractivity (Wildman–Crippen MR) is 81.9 cm³/mol. The van der Waals surface area contributed by atoms with Gasteiger partial charge in [-0.15, -0.1) is 0 Å². The van der Waals surface area contributed by atoms with Gasteiger partial charge in [-0.3, -0.25) is 4.79 Å². The van der Waals surface area contributed by atoms with Crippen LogP contribution in [-0.2, 0) is 24.8 Å². The highest BCUT2D eigenvalue weighted by atomic mass is 16.2. The molecule has 0 spiro atoms. The van der Waals surface area contributed by atoms with Gasteiger partial charge in [0.05, 0.1) is 11.9 Å². The van der Waals surface area contributed by atoms with Crippen molar-refractivity contribution in [3.05, 3.63) is 35.7 Å². The van der Waals surface area contributed by atoms with E-state index in [1.807, 2.05) is 0 Å². The molecule has 0 bridgehead atoms. The first-order valence-corrected chi connectivity index (χ1v) is 7.35. The van der Waals surface area contributed by atoms with Gasteiger partial charge in [0.15, 0.2) is 0 Å². The van der Waals surface area contributed by atoms with Gasteiger partial charge in [0.1, 0.15) is 5.82 Å². The summed E-state index contributed by atoms with van der Waals surface area (Å²) < 4.78 is 0. The van der Waals surface area contributed by atoms with Crippen LogP contribution in [0, 0.1) is 0 Å². The highest BCUT2D eigenvalue weighted by Gasteiger charge is 2.11. The van der Waals surface area contributed by atoms with Crippen molar-refractivity contribution in [1.29, 1.82) is 0 Å². The van der Waals surface area contributed by atoms with Crippen molar-refractivity contribution in [2.24, 2.45) is 7.05 Å². The van der Waals surface area contributed by atoms with Crippen LogP contribution in [0.2, 0.25) is 0 Å². The van der Waals surface area contributed by atoms with Crippen molar-refractivity contribution in [2.75, 3.05) is 7.05 Å². The van der Waals surface area contributed by atoms with E-state index in [9.17, 15) is 4.79 Å². The topological polar surface area (TPSA) is 76.8 Å². The van der Waals surface area contributed by atoms with Crippen LogP contribution in [0.15, 0.2) is 18.6 Å². The van der Waals surface area contributed by atoms with Crippen molar-refractivity contribution < 1.29 is 4.79 Å². The van der Waals surface area contributed by atoms with Crippen molar-refractivity contribution in [3.8, 4) is 0 Å². The number of carbonyl (C=O) groups is 1. The average molecular weight is 302 g/mol. The fraction of sp³-hybridized carbons (Fsp3) is 0.533. The second-order valence-electron chi connectivity index (χ2n) is 5.68. The minimum Gasteiger partial charge on any atom is -0.341 e. The zero-order chi connectivity index (χ0) is 16.1. The molecule has 2 heterocycles. The summed E-state index contributed by atoms with van der Waals surface area (Å²) in [6.45, 7) is 4.62. The first-order chi connectivity index (χ1) is 10.5. The Morgan fingerprint density at radius 2 is 1.95 bits per heavy atom. The van der Waals surface area contributed by atoms with E-state index < -0.39 is 0 Å². The van der Waals surface area contributed by atoms with E-state index in [0.717, 1.165) is 17.1 Å². The van der Waals surface area contributed by atoms with E-state index in [1.165, 1.54) is 4.80 Å². The summed E-state index contributed by atoms with van der Waals surface area (Å²) in [5, 5.41) is 8.16. The molecular formula is C15H22N6O. The Bertz CT molecular complexity index is 619. The van der Waals surface area contributed by atoms with Crippen LogP contribution in [-0.4, -0.2) is 42.8 Å². The number of hydrogen-bond donors (Lipinski definition) is 0. The molecule has 7 heteroatoms. The first-order valence-electron chi connectivity index (χ1n) is 7.35. The van der Waals surface area contributed by atoms with Gasteiger partial charge in [0.25, 0.3) is 0 Å². The third-order valence-corrected chi connectivity index (χ3v) is 3.33. The predicted octanol–water partition coefficient (Wildman–Crippen LogP) is 1.32. The molecule has 118 valence electrons. The SMILES string of the molecule is CC(C)c1ncc(CN(C)C(=O)CCc2cnn(C)n2)cn1. The molecule has 0 aliphatic rings. The van der Waals surface area contributed by atoms with E-state index in [2.05, 4.69) is 34.0 Å². The monoisotopic (exact) mass is 302 g/mol. The molecule has 1 amide bonds. The molecule has 0 fully saturated rings. The number of nitrogens with zero attached hydrogens (tertiary/aromatic N) is 6. The van der Waals surface area contributed by atoms with Crippen LogP contribution in [0.4, 0.5) is 0 Å². The largest absolute Gasteiger partial charge is 0.341 e. The molecule has 2 rings (SSSR count). The molecule has 2 aromatic heterocycles. The van der Waals surface area contributed by atoms with Gasteiger partial charge < -0.3 is 4.90 Å². The molecular weight excluding hydrogens is 280 g/mol. The average Bonchev–Trinajstić information content (AvgIpc) is 2.91. The maximum absolute atomic E-state index is 12.1. The third kappa shape index (κ3) is 4.34. The van der Waals surface area contributed by atoms with E-state index in [4.69, 9.17) is 0 Å². The Kier molecular flexibility index (Phi) is 5.19. The standard InChI is InChI=1S/C15H22N6O/c1-11(2)15-16-7-12(8-17-15)10-20(3)14(22)6-5-13-9-18-21(4)19-13/h7-9,11H,5-6,10H2,1-4H3. The highest BCUT2D eigenvalue weighted by Crippen LogP contribution is 2.09. The molecule has 0 N–H and O–H groups in total. The Labute approximate surface area is 130 Å². The van der Waals surface area contributed by atoms with E-state index >= 15 is 0 Å². The minimum atomic E-state index is 0.0681. The normalized spacial score (nSPS) is 11.0. The van der Waals surface area contributed by atoms with Gasteiger partial charge in [-0.1, -0.05) is 13.8 Å². The van der Waals surface area contributed by atoms with Crippen LogP contribution in [0.25, 0.3) is 0 Å². The highest BCUT2D eigenvalue weighted by molar-refractivity contribution is 5.76. The Balaban J connectivity index is 1.85. The smallest absolute Gasteiger partial charge is 0.223 e. The van der Waals surface area contributed by atoms with Crippen LogP contribution >= 0.6 is 0 Å². The summed E-state index contributed by atoms with van der Waals surface area (Å²) in [7, 11) is 3.55. The van der Waals surface area contributed by atoms with Gasteiger partial charge in [-0.05, 0) is 0 Å². The van der Waals surface area contributed by atoms with Gasteiger partial charge >= 0.3 is 0 Å². The van der Waals surface area contributed by atoms with Crippen LogP contribution < -0.4 is 0 Å². The number of amides is 1. The fourth-order valence-corrected chi connectivity index (χ4v) is 2.03. The Morgan fingerprint density at radius 1 is 1.27 bits per heavy atom. The number of carbonyl (C=O) groups excluding carboxylic acids is 1. The van der Waals surface area contributed by atoms with Crippen LogP contribution in [0.5, 0.6) is 0 Å². The van der Waals surface area contributed by atoms with Crippen molar-refractivity contribution in [3.63, 3.8) is 0 Å². The van der Waals surface area contributed by atoms with E-state index in [-0.39, 0.29) is 5.91 Å². The van der Waals surface area contributed by atoms with Gasteiger partial charge in [0.2, 0.25) is 5.91 Å². The summed E-state index contributed by atoms with van der Waals surface area (Å²) in [6.07, 6.45) is 6.27. The summed E-state index contributed by atoms with van der Waals surface area (Å²) in [5.41, 5.74) is 1.76. The lowest BCUT2D eigenvalue weighted by molar-refractivity contribution is -0.130. The first kappa shape index (κ1) is 16.1. The summed E-state index contributed by atoms with van der Waals surface area (Å²) in [4.78, 5) is 23.9. The zero-order valence-corrected chi connectivity index (χ0v) is 13.5. The van der Waals surface area contributed by atoms with Crippen molar-refractivity contribution in [2.45, 2.75) is 39.2 Å². The second kappa shape index (κ2) is 7.11. The fourth-order valence-electron chi connectivity index (χ4n) is 2.03. The molecule has 0 unspecified atom stereocenters. The van der Waals surface area contributed by atoms with E-state index in [0.29, 0.717) is 25.3 Å². The molecule has 0 aliphatic heterocycles. The maximum Gasteiger partial charge on any atom is 0.223 e. The lowest BCUT2D eigenvalue weighted by atomic mass is 10.2. The summed E-state index contributed by atoms with van der Waals surface area (Å²) in [5.74, 6) is 1.19. The van der Waals surface area contributed by atoms with E-state index in [1.54, 1.807) is 37.6 Å². The van der Waals surface area contributed by atoms with Crippen molar-refractivity contribution in [1.82, 2.24) is 29.9 Å². The minimum absolute atomic E-state index is 0.0681. The van der Waals surface area contributed by atoms with Crippen molar-refractivity contribution >= 4 is 5.91 Å². The van der Waals surface area contributed by atoms with Crippen LogP contribution in [0.3, 0.4) is 0 Å². The zero-order valence-electron chi connectivity index (χ0n) is 13.5. The molecule has 0 saturated heterocycles. The summed E-state index contributed by atoms with van der Waals surface area (Å²) in [6, 6.07) is 0. The molecule has 0 saturated carbocycles. The molecule has 7 nitrogen and oxygen atoms in total. The molecule has 2 aromatic rings. The quantitative estimate of drug-likeness (QED) is 0.804. The number of aryl methyl sites for hydroxylation is 2. The Morgan fingerprint density at radius 3 is 2.50 bits per heavy atom. The molecule has 0 atom stereocenters. The maximum atomic E-state index is 12.1. The third-order valence-electron chi connectivity index (χ3n) is 3.33. The van der Waals surface area contributed by atoms with Gasteiger partial charge in [0, 0.05) is 57.4 Å². The van der Waals surface area contributed by atoms with Crippen LogP contribution in [0.1, 0.15) is 43.3 Å². The molecule has 22 heavy (non-hydrogen) atoms. The number of rotatable bonds is 6. The number of hydrogen-bond acceptors (Lipinski definition) is 5. The lowest BCUT2D eigenvalue weighted by Gasteiger charge is -2.17. The molecule has 0 radical (unpaired) electrons. The molecule has 0 aliphatic carbocycles. The summed E-state index contributed by atoms with van der Waals surface area (Å²) >= 11 is 0. The lowest BCUT2D eigenvalue weighted by Crippen LogP contribution is -2.26. The molecule has 0 aromatic carbocycles. The number of aromatic nitrogens is 5. The van der Waals surface area contributed by atoms with Gasteiger partial charge in [-0.25, -0.2) is 9.97 Å².